The molecule has 0 bridgehead atoms. The van der Waals surface area contributed by atoms with E-state index in [4.69, 9.17) is 0 Å². The second-order valence-electron chi connectivity index (χ2n) is 5.75. The van der Waals surface area contributed by atoms with Crippen molar-refractivity contribution in [3.05, 3.63) is 51.9 Å². The first kappa shape index (κ1) is 16.8. The number of nitrogens with one attached hydrogen (secondary N) is 1. The van der Waals surface area contributed by atoms with Gasteiger partial charge < -0.3 is 19.4 Å². The molecule has 3 rings (SSSR count). The van der Waals surface area contributed by atoms with Gasteiger partial charge in [-0.1, -0.05) is 13.0 Å². The molecular weight excluding hydrogens is 320 g/mol. The third kappa shape index (κ3) is 2.69. The monoisotopic (exact) mass is 340 g/mol. The number of carbonyl (C=O) groups is 1. The van der Waals surface area contributed by atoms with E-state index >= 15 is 0 Å². The van der Waals surface area contributed by atoms with Crippen LogP contribution in [-0.4, -0.2) is 27.7 Å². The Bertz CT molecular complexity index is 1010. The largest absolute Gasteiger partial charge is 0.506 e. The van der Waals surface area contributed by atoms with E-state index < -0.39 is 11.5 Å². The van der Waals surface area contributed by atoms with Crippen LogP contribution in [0.4, 0.5) is 0 Å². The SMILES string of the molecule is CCc1c(-c2ccc3c(ccn3CC)c2)[nH]c(=O)c(C(=O)OC)c1O. The lowest BCUT2D eigenvalue weighted by molar-refractivity contribution is 0.0595. The summed E-state index contributed by atoms with van der Waals surface area (Å²) in [5, 5.41) is 11.5. The molecule has 2 N–H and O–H groups in total. The minimum atomic E-state index is -0.851. The van der Waals surface area contributed by atoms with Crippen molar-refractivity contribution in [3.63, 3.8) is 0 Å². The quantitative estimate of drug-likeness (QED) is 0.715. The predicted octanol–water partition coefficient (Wildman–Crippen LogP) is 3.07. The number of rotatable bonds is 4. The molecule has 0 amide bonds. The summed E-state index contributed by atoms with van der Waals surface area (Å²) < 4.78 is 6.72. The van der Waals surface area contributed by atoms with Crippen molar-refractivity contribution < 1.29 is 14.6 Å². The standard InChI is InChI=1S/C19H20N2O4/c1-4-13-16(20-18(23)15(17(13)22)19(24)25-3)12-6-7-14-11(10-12)8-9-21(14)5-2/h6-10H,4-5H2,1-3H3,(H2,20,22,23). The number of esters is 1. The molecule has 2 heterocycles. The van der Waals surface area contributed by atoms with Gasteiger partial charge in [0.2, 0.25) is 0 Å². The fourth-order valence-electron chi connectivity index (χ4n) is 3.14. The smallest absolute Gasteiger partial charge is 0.347 e. The van der Waals surface area contributed by atoms with E-state index in [0.717, 1.165) is 23.0 Å². The number of fused-ring (bicyclic) bond motifs is 1. The lowest BCUT2D eigenvalue weighted by Gasteiger charge is -2.13. The molecule has 6 nitrogen and oxygen atoms in total. The van der Waals surface area contributed by atoms with Crippen LogP contribution in [0.15, 0.2) is 35.3 Å². The highest BCUT2D eigenvalue weighted by Crippen LogP contribution is 2.32. The van der Waals surface area contributed by atoms with Crippen LogP contribution in [-0.2, 0) is 17.7 Å². The molecule has 0 radical (unpaired) electrons. The van der Waals surface area contributed by atoms with Crippen LogP contribution in [0.1, 0.15) is 29.8 Å². The summed E-state index contributed by atoms with van der Waals surface area (Å²) >= 11 is 0. The number of aromatic hydroxyl groups is 1. The number of carbonyl (C=O) groups excluding carboxylic acids is 1. The third-order valence-corrected chi connectivity index (χ3v) is 4.43. The lowest BCUT2D eigenvalue weighted by Crippen LogP contribution is -2.21. The number of pyridine rings is 1. The van der Waals surface area contributed by atoms with Crippen molar-refractivity contribution in [1.29, 1.82) is 0 Å². The molecule has 0 atom stereocenters. The minimum Gasteiger partial charge on any atom is -0.506 e. The molecule has 0 aliphatic heterocycles. The highest BCUT2D eigenvalue weighted by Gasteiger charge is 2.23. The molecule has 0 saturated heterocycles. The summed E-state index contributed by atoms with van der Waals surface area (Å²) in [5.41, 5.74) is 1.88. The predicted molar refractivity (Wildman–Crippen MR) is 96.1 cm³/mol. The van der Waals surface area contributed by atoms with Crippen LogP contribution in [0.5, 0.6) is 5.75 Å². The van der Waals surface area contributed by atoms with Crippen LogP contribution in [0.3, 0.4) is 0 Å². The van der Waals surface area contributed by atoms with E-state index in [1.807, 2.05) is 37.4 Å². The first-order valence-electron chi connectivity index (χ1n) is 8.17. The maximum Gasteiger partial charge on any atom is 0.347 e. The summed E-state index contributed by atoms with van der Waals surface area (Å²) in [6, 6.07) is 7.85. The average Bonchev–Trinajstić information content (AvgIpc) is 3.03. The van der Waals surface area contributed by atoms with Crippen molar-refractivity contribution in [2.45, 2.75) is 26.8 Å². The van der Waals surface area contributed by atoms with Gasteiger partial charge in [0, 0.05) is 29.2 Å². The molecule has 0 fully saturated rings. The Hall–Kier alpha value is -3.02. The summed E-state index contributed by atoms with van der Waals surface area (Å²) in [4.78, 5) is 26.8. The van der Waals surface area contributed by atoms with Gasteiger partial charge in [-0.05, 0) is 37.1 Å². The number of hydrogen-bond donors (Lipinski definition) is 2. The molecule has 25 heavy (non-hydrogen) atoms. The van der Waals surface area contributed by atoms with E-state index in [1.54, 1.807) is 0 Å². The molecule has 2 aromatic heterocycles. The van der Waals surface area contributed by atoms with Crippen LogP contribution in [0.2, 0.25) is 0 Å². The Morgan fingerprint density at radius 1 is 1.28 bits per heavy atom. The molecule has 0 saturated carbocycles. The summed E-state index contributed by atoms with van der Waals surface area (Å²) in [6.45, 7) is 4.79. The van der Waals surface area contributed by atoms with E-state index in [2.05, 4.69) is 21.2 Å². The molecule has 3 aromatic rings. The molecule has 0 aliphatic rings. The third-order valence-electron chi connectivity index (χ3n) is 4.43. The number of methoxy groups -OCH3 is 1. The van der Waals surface area contributed by atoms with Crippen molar-refractivity contribution in [3.8, 4) is 17.0 Å². The van der Waals surface area contributed by atoms with Crippen LogP contribution in [0, 0.1) is 0 Å². The molecule has 0 spiro atoms. The number of benzene rings is 1. The highest BCUT2D eigenvalue weighted by molar-refractivity contribution is 5.94. The second kappa shape index (κ2) is 6.47. The summed E-state index contributed by atoms with van der Waals surface area (Å²) in [6.07, 6.45) is 2.46. The molecule has 6 heteroatoms. The summed E-state index contributed by atoms with van der Waals surface area (Å²) in [5.74, 6) is -1.17. The van der Waals surface area contributed by atoms with Crippen molar-refractivity contribution in [1.82, 2.24) is 9.55 Å². The maximum absolute atomic E-state index is 12.3. The Morgan fingerprint density at radius 3 is 2.68 bits per heavy atom. The molecule has 1 aromatic carbocycles. The van der Waals surface area contributed by atoms with Gasteiger partial charge in [-0.15, -0.1) is 0 Å². The molecule has 130 valence electrons. The van der Waals surface area contributed by atoms with Crippen molar-refractivity contribution in [2.24, 2.45) is 0 Å². The van der Waals surface area contributed by atoms with Gasteiger partial charge in [0.25, 0.3) is 5.56 Å². The maximum atomic E-state index is 12.3. The number of aromatic nitrogens is 2. The van der Waals surface area contributed by atoms with Gasteiger partial charge in [-0.2, -0.15) is 0 Å². The normalized spacial score (nSPS) is 11.0. The Kier molecular flexibility index (Phi) is 4.35. The molecule has 0 aliphatic carbocycles. The second-order valence-corrected chi connectivity index (χ2v) is 5.75. The zero-order valence-electron chi connectivity index (χ0n) is 14.4. The number of H-pyrrole nitrogens is 1. The van der Waals surface area contributed by atoms with Crippen LogP contribution in [0.25, 0.3) is 22.2 Å². The van der Waals surface area contributed by atoms with Gasteiger partial charge >= 0.3 is 5.97 Å². The van der Waals surface area contributed by atoms with E-state index in [-0.39, 0.29) is 11.3 Å². The number of aromatic amines is 1. The molecule has 0 unspecified atom stereocenters. The number of aryl methyl sites for hydroxylation is 1. The Labute approximate surface area is 144 Å². The summed E-state index contributed by atoms with van der Waals surface area (Å²) in [7, 11) is 1.17. The van der Waals surface area contributed by atoms with Crippen LogP contribution >= 0.6 is 0 Å². The first-order chi connectivity index (χ1) is 12.0. The van der Waals surface area contributed by atoms with Crippen LogP contribution < -0.4 is 5.56 Å². The van der Waals surface area contributed by atoms with Gasteiger partial charge in [0.15, 0.2) is 5.56 Å². The van der Waals surface area contributed by atoms with Gasteiger partial charge in [0.1, 0.15) is 5.75 Å². The van der Waals surface area contributed by atoms with E-state index in [9.17, 15) is 14.7 Å². The van der Waals surface area contributed by atoms with E-state index in [1.165, 1.54) is 7.11 Å². The number of nitrogens with zero attached hydrogens (tertiary/aromatic N) is 1. The lowest BCUT2D eigenvalue weighted by atomic mass is 9.99. The fourth-order valence-corrected chi connectivity index (χ4v) is 3.14. The molecular formula is C19H20N2O4. The number of ether oxygens (including phenoxy) is 1. The average molecular weight is 340 g/mol. The topological polar surface area (TPSA) is 84.3 Å². The number of hydrogen-bond acceptors (Lipinski definition) is 4. The fraction of sp³-hybridized carbons (Fsp3) is 0.263. The minimum absolute atomic E-state index is 0.320. The Morgan fingerprint density at radius 2 is 2.04 bits per heavy atom. The zero-order valence-corrected chi connectivity index (χ0v) is 14.4. The zero-order chi connectivity index (χ0) is 18.1. The first-order valence-corrected chi connectivity index (χ1v) is 8.17. The van der Waals surface area contributed by atoms with Gasteiger partial charge in [-0.3, -0.25) is 4.79 Å². The van der Waals surface area contributed by atoms with Gasteiger partial charge in [0.05, 0.1) is 12.8 Å². The highest BCUT2D eigenvalue weighted by atomic mass is 16.5. The van der Waals surface area contributed by atoms with Gasteiger partial charge in [-0.25, -0.2) is 4.79 Å². The van der Waals surface area contributed by atoms with Crippen molar-refractivity contribution in [2.75, 3.05) is 7.11 Å². The Balaban J connectivity index is 2.23. The van der Waals surface area contributed by atoms with Crippen molar-refractivity contribution >= 4 is 16.9 Å². The van der Waals surface area contributed by atoms with E-state index in [0.29, 0.717) is 17.7 Å².